The number of methoxy groups -OCH3 is 1. The van der Waals surface area contributed by atoms with Crippen LogP contribution >= 0.6 is 23.2 Å². The quantitative estimate of drug-likeness (QED) is 0.472. The van der Waals surface area contributed by atoms with Crippen LogP contribution in [0.4, 0.5) is 5.69 Å². The number of nitrogens with zero attached hydrogens (tertiary/aromatic N) is 1. The number of rotatable bonds is 8. The summed E-state index contributed by atoms with van der Waals surface area (Å²) < 4.78 is 32.9. The zero-order valence-corrected chi connectivity index (χ0v) is 19.8. The highest BCUT2D eigenvalue weighted by Crippen LogP contribution is 2.25. The molecule has 0 saturated carbocycles. The number of hydrogen-bond donors (Lipinski definition) is 1. The van der Waals surface area contributed by atoms with E-state index >= 15 is 0 Å². The molecule has 0 fully saturated rings. The van der Waals surface area contributed by atoms with Gasteiger partial charge in [-0.3, -0.25) is 4.79 Å². The predicted octanol–water partition coefficient (Wildman–Crippen LogP) is 5.14. The molecule has 32 heavy (non-hydrogen) atoms. The molecular formula is C23H22Cl2N2O4S. The van der Waals surface area contributed by atoms with Crippen LogP contribution in [0.15, 0.2) is 71.6 Å². The molecule has 9 heteroatoms. The Bertz CT molecular complexity index is 1200. The van der Waals surface area contributed by atoms with Gasteiger partial charge in [0, 0.05) is 12.2 Å². The number of benzene rings is 3. The molecule has 1 amide bonds. The van der Waals surface area contributed by atoms with Gasteiger partial charge in [0.2, 0.25) is 15.9 Å². The third-order valence-corrected chi connectivity index (χ3v) is 7.24. The highest BCUT2D eigenvalue weighted by atomic mass is 35.5. The van der Waals surface area contributed by atoms with Crippen molar-refractivity contribution >= 4 is 44.8 Å². The summed E-state index contributed by atoms with van der Waals surface area (Å²) in [6, 6.07) is 18.1. The molecule has 3 aromatic carbocycles. The van der Waals surface area contributed by atoms with Gasteiger partial charge in [-0.25, -0.2) is 8.42 Å². The fourth-order valence-corrected chi connectivity index (χ4v) is 4.67. The van der Waals surface area contributed by atoms with Gasteiger partial charge in [-0.2, -0.15) is 4.31 Å². The van der Waals surface area contributed by atoms with Crippen LogP contribution in [0.2, 0.25) is 10.0 Å². The number of halogens is 2. The van der Waals surface area contributed by atoms with E-state index in [1.165, 1.54) is 12.1 Å². The second kappa shape index (κ2) is 10.4. The Balaban J connectivity index is 1.87. The van der Waals surface area contributed by atoms with Crippen molar-refractivity contribution in [2.24, 2.45) is 0 Å². The fourth-order valence-electron chi connectivity index (χ4n) is 2.96. The largest absolute Gasteiger partial charge is 0.497 e. The molecule has 0 saturated heterocycles. The minimum Gasteiger partial charge on any atom is -0.497 e. The van der Waals surface area contributed by atoms with Gasteiger partial charge in [0.15, 0.2) is 0 Å². The Hall–Kier alpha value is -2.58. The second-order valence-corrected chi connectivity index (χ2v) is 9.86. The van der Waals surface area contributed by atoms with Crippen molar-refractivity contribution in [2.75, 3.05) is 19.0 Å². The zero-order chi connectivity index (χ0) is 23.3. The normalized spacial score (nSPS) is 11.4. The molecule has 168 valence electrons. The Labute approximate surface area is 197 Å². The number of sulfonamides is 1. The number of aryl methyl sites for hydroxylation is 1. The minimum atomic E-state index is -3.96. The molecule has 1 N–H and O–H groups in total. The Kier molecular flexibility index (Phi) is 7.79. The van der Waals surface area contributed by atoms with Gasteiger partial charge < -0.3 is 10.1 Å². The van der Waals surface area contributed by atoms with E-state index in [2.05, 4.69) is 5.32 Å². The summed E-state index contributed by atoms with van der Waals surface area (Å²) in [6.07, 6.45) is 0. The lowest BCUT2D eigenvalue weighted by molar-refractivity contribution is -0.116. The molecule has 0 bridgehead atoms. The van der Waals surface area contributed by atoms with Gasteiger partial charge in [0.1, 0.15) is 5.75 Å². The van der Waals surface area contributed by atoms with Crippen molar-refractivity contribution in [3.63, 3.8) is 0 Å². The Morgan fingerprint density at radius 2 is 1.62 bits per heavy atom. The molecule has 0 aliphatic rings. The summed E-state index contributed by atoms with van der Waals surface area (Å²) in [5.74, 6) is 0.164. The highest BCUT2D eigenvalue weighted by molar-refractivity contribution is 7.89. The molecule has 3 aromatic rings. The van der Waals surface area contributed by atoms with Crippen molar-refractivity contribution in [3.8, 4) is 5.75 Å². The number of amides is 1. The third-order valence-electron chi connectivity index (χ3n) is 4.70. The van der Waals surface area contributed by atoms with Crippen LogP contribution in [0.25, 0.3) is 0 Å². The van der Waals surface area contributed by atoms with Crippen LogP contribution in [0, 0.1) is 6.92 Å². The SMILES string of the molecule is COc1ccc(NC(=O)CN(Cc2ccc(Cl)c(Cl)c2)S(=O)(=O)c2ccc(C)cc2)cc1. The molecule has 0 aliphatic carbocycles. The number of nitrogens with one attached hydrogen (secondary N) is 1. The summed E-state index contributed by atoms with van der Waals surface area (Å²) in [7, 11) is -2.41. The van der Waals surface area contributed by atoms with Crippen molar-refractivity contribution in [2.45, 2.75) is 18.4 Å². The lowest BCUT2D eigenvalue weighted by atomic mass is 10.2. The van der Waals surface area contributed by atoms with Crippen LogP contribution < -0.4 is 10.1 Å². The van der Waals surface area contributed by atoms with Gasteiger partial charge in [-0.05, 0) is 61.0 Å². The molecule has 0 heterocycles. The maximum Gasteiger partial charge on any atom is 0.243 e. The monoisotopic (exact) mass is 492 g/mol. The van der Waals surface area contributed by atoms with E-state index in [9.17, 15) is 13.2 Å². The number of carbonyl (C=O) groups is 1. The minimum absolute atomic E-state index is 0.0524. The van der Waals surface area contributed by atoms with E-state index in [1.807, 2.05) is 6.92 Å². The van der Waals surface area contributed by atoms with Crippen molar-refractivity contribution in [1.82, 2.24) is 4.31 Å². The first-order valence-corrected chi connectivity index (χ1v) is 11.8. The lowest BCUT2D eigenvalue weighted by Crippen LogP contribution is -2.37. The predicted molar refractivity (Wildman–Crippen MR) is 127 cm³/mol. The van der Waals surface area contributed by atoms with Crippen LogP contribution in [-0.2, 0) is 21.4 Å². The van der Waals surface area contributed by atoms with Crippen molar-refractivity contribution < 1.29 is 17.9 Å². The summed E-state index contributed by atoms with van der Waals surface area (Å²) >= 11 is 12.1. The molecule has 3 rings (SSSR count). The average Bonchev–Trinajstić information content (AvgIpc) is 2.76. The summed E-state index contributed by atoms with van der Waals surface area (Å²) in [5, 5.41) is 3.38. The van der Waals surface area contributed by atoms with Crippen LogP contribution in [-0.4, -0.2) is 32.3 Å². The van der Waals surface area contributed by atoms with E-state index in [-0.39, 0.29) is 18.0 Å². The first kappa shape index (κ1) is 24.1. The standard InChI is InChI=1S/C23H22Cl2N2O4S/c1-16-3-10-20(11-4-16)32(29,30)27(14-17-5-12-21(24)22(25)13-17)15-23(28)26-18-6-8-19(31-2)9-7-18/h3-13H,14-15H2,1-2H3,(H,26,28). The van der Waals surface area contributed by atoms with Crippen LogP contribution in [0.5, 0.6) is 5.75 Å². The fraction of sp³-hybridized carbons (Fsp3) is 0.174. The Morgan fingerprint density at radius 1 is 0.969 bits per heavy atom. The number of hydrogen-bond acceptors (Lipinski definition) is 4. The number of anilines is 1. The van der Waals surface area contributed by atoms with Gasteiger partial charge in [-0.15, -0.1) is 0 Å². The van der Waals surface area contributed by atoms with E-state index in [1.54, 1.807) is 61.7 Å². The van der Waals surface area contributed by atoms with Gasteiger partial charge in [0.25, 0.3) is 0 Å². The molecule has 0 spiro atoms. The van der Waals surface area contributed by atoms with E-state index in [0.717, 1.165) is 9.87 Å². The van der Waals surface area contributed by atoms with E-state index in [0.29, 0.717) is 27.0 Å². The molecule has 0 aromatic heterocycles. The topological polar surface area (TPSA) is 75.7 Å². The highest BCUT2D eigenvalue weighted by Gasteiger charge is 2.27. The molecule has 0 unspecified atom stereocenters. The average molecular weight is 493 g/mol. The molecule has 6 nitrogen and oxygen atoms in total. The summed E-state index contributed by atoms with van der Waals surface area (Å²) in [5.41, 5.74) is 2.06. The third kappa shape index (κ3) is 6.01. The molecule has 0 aliphatic heterocycles. The molecule has 0 atom stereocenters. The smallest absolute Gasteiger partial charge is 0.243 e. The van der Waals surface area contributed by atoms with E-state index < -0.39 is 15.9 Å². The van der Waals surface area contributed by atoms with Crippen molar-refractivity contribution in [1.29, 1.82) is 0 Å². The first-order valence-electron chi connectivity index (χ1n) is 9.63. The Morgan fingerprint density at radius 3 is 2.22 bits per heavy atom. The lowest BCUT2D eigenvalue weighted by Gasteiger charge is -2.22. The maximum atomic E-state index is 13.3. The van der Waals surface area contributed by atoms with Gasteiger partial charge in [0.05, 0.1) is 28.6 Å². The second-order valence-electron chi connectivity index (χ2n) is 7.11. The summed E-state index contributed by atoms with van der Waals surface area (Å²) in [4.78, 5) is 12.8. The zero-order valence-electron chi connectivity index (χ0n) is 17.5. The van der Waals surface area contributed by atoms with Crippen LogP contribution in [0.3, 0.4) is 0 Å². The maximum absolute atomic E-state index is 13.3. The molecular weight excluding hydrogens is 471 g/mol. The van der Waals surface area contributed by atoms with E-state index in [4.69, 9.17) is 27.9 Å². The van der Waals surface area contributed by atoms with Gasteiger partial charge >= 0.3 is 0 Å². The molecule has 0 radical (unpaired) electrons. The number of ether oxygens (including phenoxy) is 1. The summed E-state index contributed by atoms with van der Waals surface area (Å²) in [6.45, 7) is 1.43. The van der Waals surface area contributed by atoms with Crippen molar-refractivity contribution in [3.05, 3.63) is 87.9 Å². The first-order chi connectivity index (χ1) is 15.2. The van der Waals surface area contributed by atoms with Crippen LogP contribution in [0.1, 0.15) is 11.1 Å². The van der Waals surface area contributed by atoms with Gasteiger partial charge in [-0.1, -0.05) is 47.0 Å². The number of carbonyl (C=O) groups excluding carboxylic acids is 1.